The van der Waals surface area contributed by atoms with Gasteiger partial charge in [0.05, 0.1) is 5.39 Å². The molecule has 0 bridgehead atoms. The van der Waals surface area contributed by atoms with E-state index in [2.05, 4.69) is 50.6 Å². The zero-order chi connectivity index (χ0) is 14.1. The van der Waals surface area contributed by atoms with E-state index in [1.807, 2.05) is 7.05 Å². The molecule has 6 heteroatoms. The Morgan fingerprint density at radius 2 is 2.10 bits per heavy atom. The highest BCUT2D eigenvalue weighted by Crippen LogP contribution is 2.31. The van der Waals surface area contributed by atoms with E-state index in [-0.39, 0.29) is 0 Å². The molecule has 1 aliphatic heterocycles. The first-order valence-electron chi connectivity index (χ1n) is 7.03. The van der Waals surface area contributed by atoms with E-state index in [4.69, 9.17) is 0 Å². The lowest BCUT2D eigenvalue weighted by Crippen LogP contribution is -2.42. The number of likely N-dealkylation sites (tertiary alicyclic amines) is 1. The number of aromatic nitrogens is 2. The zero-order valence-corrected chi connectivity index (χ0v) is 13.1. The van der Waals surface area contributed by atoms with Crippen molar-refractivity contribution in [3.05, 3.63) is 11.4 Å². The number of fused-ring (bicyclic) bond motifs is 1. The van der Waals surface area contributed by atoms with Crippen molar-refractivity contribution in [1.82, 2.24) is 14.9 Å². The second kappa shape index (κ2) is 5.54. The predicted octanol–water partition coefficient (Wildman–Crippen LogP) is 2.26. The maximum Gasteiger partial charge on any atom is 0.225 e. The first kappa shape index (κ1) is 13.6. The van der Waals surface area contributed by atoms with Crippen LogP contribution in [0.2, 0.25) is 0 Å². The van der Waals surface area contributed by atoms with E-state index in [1.54, 1.807) is 11.3 Å². The molecule has 108 valence electrons. The van der Waals surface area contributed by atoms with E-state index >= 15 is 0 Å². The second-order valence-electron chi connectivity index (χ2n) is 5.41. The van der Waals surface area contributed by atoms with Gasteiger partial charge >= 0.3 is 0 Å². The van der Waals surface area contributed by atoms with Crippen LogP contribution >= 0.6 is 11.3 Å². The third kappa shape index (κ3) is 2.45. The van der Waals surface area contributed by atoms with Gasteiger partial charge in [-0.2, -0.15) is 4.98 Å². The van der Waals surface area contributed by atoms with Crippen LogP contribution in [0.15, 0.2) is 11.4 Å². The van der Waals surface area contributed by atoms with Gasteiger partial charge in [0.25, 0.3) is 0 Å². The van der Waals surface area contributed by atoms with Crippen LogP contribution in [0.4, 0.5) is 11.8 Å². The minimum Gasteiger partial charge on any atom is -0.357 e. The Morgan fingerprint density at radius 1 is 1.35 bits per heavy atom. The lowest BCUT2D eigenvalue weighted by molar-refractivity contribution is 0.252. The molecule has 1 N–H and O–H groups in total. The minimum atomic E-state index is 0.564. The molecule has 0 atom stereocenters. The van der Waals surface area contributed by atoms with Crippen LogP contribution < -0.4 is 10.2 Å². The Balaban J connectivity index is 1.93. The summed E-state index contributed by atoms with van der Waals surface area (Å²) in [6, 6.07) is 2.69. The average Bonchev–Trinajstić information content (AvgIpc) is 2.94. The summed E-state index contributed by atoms with van der Waals surface area (Å²) in [7, 11) is 6.22. The number of hydrogen-bond acceptors (Lipinski definition) is 6. The van der Waals surface area contributed by atoms with Gasteiger partial charge in [0.1, 0.15) is 10.6 Å². The molecule has 0 radical (unpaired) electrons. The number of piperidine rings is 1. The molecule has 20 heavy (non-hydrogen) atoms. The zero-order valence-electron chi connectivity index (χ0n) is 12.3. The molecule has 3 heterocycles. The lowest BCUT2D eigenvalue weighted by atomic mass is 10.0. The van der Waals surface area contributed by atoms with Crippen molar-refractivity contribution in [1.29, 1.82) is 0 Å². The molecule has 3 rings (SSSR count). The Hall–Kier alpha value is -1.40. The van der Waals surface area contributed by atoms with Crippen LogP contribution in [-0.2, 0) is 0 Å². The maximum absolute atomic E-state index is 4.68. The maximum atomic E-state index is 4.68. The molecule has 0 unspecified atom stereocenters. The molecular formula is C14H21N5S. The quantitative estimate of drug-likeness (QED) is 0.940. The summed E-state index contributed by atoms with van der Waals surface area (Å²) in [4.78, 5) is 15.0. The molecule has 0 saturated carbocycles. The molecule has 1 saturated heterocycles. The number of thiophene rings is 1. The topological polar surface area (TPSA) is 44.3 Å². The van der Waals surface area contributed by atoms with Gasteiger partial charge in [0.2, 0.25) is 5.95 Å². The summed E-state index contributed by atoms with van der Waals surface area (Å²) >= 11 is 1.67. The number of anilines is 2. The molecule has 2 aromatic rings. The minimum absolute atomic E-state index is 0.564. The second-order valence-corrected chi connectivity index (χ2v) is 6.30. The fourth-order valence-corrected chi connectivity index (χ4v) is 3.53. The molecule has 5 nitrogen and oxygen atoms in total. The van der Waals surface area contributed by atoms with Crippen molar-refractivity contribution in [2.75, 3.05) is 44.4 Å². The summed E-state index contributed by atoms with van der Waals surface area (Å²) in [5, 5.41) is 6.31. The van der Waals surface area contributed by atoms with Gasteiger partial charge in [0.15, 0.2) is 0 Å². The SMILES string of the molecule is CNc1nc(N(C)C2CCN(C)CC2)c2ccsc2n1. The van der Waals surface area contributed by atoms with Crippen molar-refractivity contribution in [2.24, 2.45) is 0 Å². The predicted molar refractivity (Wildman–Crippen MR) is 85.9 cm³/mol. The monoisotopic (exact) mass is 291 g/mol. The molecule has 0 amide bonds. The molecule has 0 aromatic carbocycles. The molecule has 0 spiro atoms. The number of nitrogens with zero attached hydrogens (tertiary/aromatic N) is 4. The highest BCUT2D eigenvalue weighted by molar-refractivity contribution is 7.16. The first-order chi connectivity index (χ1) is 9.69. The highest BCUT2D eigenvalue weighted by Gasteiger charge is 2.23. The Labute approximate surface area is 123 Å². The van der Waals surface area contributed by atoms with Crippen LogP contribution in [0.25, 0.3) is 10.2 Å². The first-order valence-corrected chi connectivity index (χ1v) is 7.91. The molecular weight excluding hydrogens is 270 g/mol. The summed E-state index contributed by atoms with van der Waals surface area (Å²) in [6.45, 7) is 2.32. The van der Waals surface area contributed by atoms with Crippen LogP contribution in [0.1, 0.15) is 12.8 Å². The lowest BCUT2D eigenvalue weighted by Gasteiger charge is -2.36. The summed E-state index contributed by atoms with van der Waals surface area (Å²) < 4.78 is 0. The van der Waals surface area contributed by atoms with Crippen molar-refractivity contribution < 1.29 is 0 Å². The van der Waals surface area contributed by atoms with Gasteiger partial charge in [-0.05, 0) is 44.4 Å². The van der Waals surface area contributed by atoms with Crippen LogP contribution in [-0.4, -0.2) is 55.1 Å². The number of rotatable bonds is 3. The summed E-state index contributed by atoms with van der Waals surface area (Å²) in [5.74, 6) is 1.75. The molecule has 1 aliphatic rings. The van der Waals surface area contributed by atoms with Gasteiger partial charge in [0, 0.05) is 20.1 Å². The van der Waals surface area contributed by atoms with E-state index in [9.17, 15) is 0 Å². The van der Waals surface area contributed by atoms with Gasteiger partial charge in [-0.25, -0.2) is 4.98 Å². The van der Waals surface area contributed by atoms with Gasteiger partial charge in [-0.15, -0.1) is 11.3 Å². The van der Waals surface area contributed by atoms with E-state index in [0.717, 1.165) is 29.1 Å². The van der Waals surface area contributed by atoms with E-state index in [1.165, 1.54) is 12.8 Å². The normalized spacial score (nSPS) is 17.6. The third-order valence-electron chi connectivity index (χ3n) is 4.10. The van der Waals surface area contributed by atoms with Crippen LogP contribution in [0, 0.1) is 0 Å². The Kier molecular flexibility index (Phi) is 3.76. The smallest absolute Gasteiger partial charge is 0.225 e. The number of nitrogens with one attached hydrogen (secondary N) is 1. The van der Waals surface area contributed by atoms with Crippen molar-refractivity contribution in [3.8, 4) is 0 Å². The summed E-state index contributed by atoms with van der Waals surface area (Å²) in [5.41, 5.74) is 0. The van der Waals surface area contributed by atoms with Crippen molar-refractivity contribution in [2.45, 2.75) is 18.9 Å². The fourth-order valence-electron chi connectivity index (χ4n) is 2.78. The molecule has 2 aromatic heterocycles. The van der Waals surface area contributed by atoms with E-state index in [0.29, 0.717) is 12.0 Å². The molecule has 1 fully saturated rings. The Bertz CT molecular complexity index is 588. The van der Waals surface area contributed by atoms with Crippen molar-refractivity contribution >= 4 is 33.3 Å². The average molecular weight is 291 g/mol. The summed E-state index contributed by atoms with van der Waals surface area (Å²) in [6.07, 6.45) is 2.38. The van der Waals surface area contributed by atoms with Crippen molar-refractivity contribution in [3.63, 3.8) is 0 Å². The van der Waals surface area contributed by atoms with E-state index < -0.39 is 0 Å². The standard InChI is InChI=1S/C14H21N5S/c1-15-14-16-12(11-6-9-20-13(11)17-14)19(3)10-4-7-18(2)8-5-10/h6,9-10H,4-5,7-8H2,1-3H3,(H,15,16,17). The number of hydrogen-bond donors (Lipinski definition) is 1. The van der Waals surface area contributed by atoms with Gasteiger partial charge in [-0.1, -0.05) is 0 Å². The highest BCUT2D eigenvalue weighted by atomic mass is 32.1. The van der Waals surface area contributed by atoms with Gasteiger partial charge < -0.3 is 15.1 Å². The van der Waals surface area contributed by atoms with Crippen LogP contribution in [0.3, 0.4) is 0 Å². The van der Waals surface area contributed by atoms with Gasteiger partial charge in [-0.3, -0.25) is 0 Å². The third-order valence-corrected chi connectivity index (χ3v) is 4.91. The fraction of sp³-hybridized carbons (Fsp3) is 0.571. The largest absolute Gasteiger partial charge is 0.357 e. The Morgan fingerprint density at radius 3 is 2.80 bits per heavy atom. The van der Waals surface area contributed by atoms with Crippen LogP contribution in [0.5, 0.6) is 0 Å². The molecule has 0 aliphatic carbocycles.